The Kier molecular flexibility index (Phi) is 3.47. The lowest BCUT2D eigenvalue weighted by Crippen LogP contribution is -2.32. The molecule has 106 valence electrons. The number of halogens is 4. The fourth-order valence-corrected chi connectivity index (χ4v) is 2.72. The molecule has 0 bridgehead atoms. The fourth-order valence-electron chi connectivity index (χ4n) is 2.50. The van der Waals surface area contributed by atoms with E-state index in [1.54, 1.807) is 6.92 Å². The summed E-state index contributed by atoms with van der Waals surface area (Å²) < 4.78 is 44.1. The van der Waals surface area contributed by atoms with Crippen LogP contribution < -0.4 is 10.5 Å². The first-order chi connectivity index (χ1) is 8.72. The van der Waals surface area contributed by atoms with Crippen molar-refractivity contribution in [1.29, 1.82) is 0 Å². The molecule has 1 aromatic rings. The zero-order valence-corrected chi connectivity index (χ0v) is 11.4. The van der Waals surface area contributed by atoms with Gasteiger partial charge in [-0.15, -0.1) is 0 Å². The van der Waals surface area contributed by atoms with Gasteiger partial charge < -0.3 is 10.5 Å². The Labute approximate surface area is 114 Å². The molecule has 1 aromatic carbocycles. The normalized spacial score (nSPS) is 19.1. The van der Waals surface area contributed by atoms with Crippen molar-refractivity contribution < 1.29 is 17.9 Å². The van der Waals surface area contributed by atoms with Crippen LogP contribution in [0, 0.1) is 0 Å². The van der Waals surface area contributed by atoms with Crippen molar-refractivity contribution in [3.8, 4) is 5.75 Å². The van der Waals surface area contributed by atoms with Gasteiger partial charge in [0.15, 0.2) is 0 Å². The molecule has 1 saturated carbocycles. The quantitative estimate of drug-likeness (QED) is 0.921. The van der Waals surface area contributed by atoms with Gasteiger partial charge in [-0.3, -0.25) is 0 Å². The second kappa shape index (κ2) is 4.56. The molecule has 0 spiro atoms. The second-order valence-corrected chi connectivity index (χ2v) is 5.41. The van der Waals surface area contributed by atoms with Crippen LogP contribution in [0.25, 0.3) is 0 Å². The summed E-state index contributed by atoms with van der Waals surface area (Å²) in [6.45, 7) is 1.79. The van der Waals surface area contributed by atoms with Crippen molar-refractivity contribution in [1.82, 2.24) is 0 Å². The van der Waals surface area contributed by atoms with Gasteiger partial charge in [-0.1, -0.05) is 11.6 Å². The summed E-state index contributed by atoms with van der Waals surface area (Å²) >= 11 is 5.83. The molecule has 2 rings (SSSR count). The minimum Gasteiger partial charge on any atom is -0.496 e. The lowest BCUT2D eigenvalue weighted by atomic mass is 9.87. The molecule has 0 saturated heterocycles. The highest BCUT2D eigenvalue weighted by molar-refractivity contribution is 6.30. The summed E-state index contributed by atoms with van der Waals surface area (Å²) in [5, 5.41) is 0.0510. The minimum atomic E-state index is -4.50. The van der Waals surface area contributed by atoms with Gasteiger partial charge in [0.25, 0.3) is 0 Å². The van der Waals surface area contributed by atoms with Crippen LogP contribution in [0.4, 0.5) is 13.2 Å². The predicted octanol–water partition coefficient (Wildman–Crippen LogP) is 3.75. The number of nitrogens with two attached hydrogens (primary N) is 1. The molecule has 0 aromatic heterocycles. The summed E-state index contributed by atoms with van der Waals surface area (Å²) in [4.78, 5) is 0. The van der Waals surface area contributed by atoms with Crippen LogP contribution in [0.3, 0.4) is 0 Å². The van der Waals surface area contributed by atoms with E-state index in [4.69, 9.17) is 22.1 Å². The Morgan fingerprint density at radius 1 is 1.37 bits per heavy atom. The third-order valence-corrected chi connectivity index (χ3v) is 3.98. The van der Waals surface area contributed by atoms with Crippen LogP contribution in [0.15, 0.2) is 12.1 Å². The second-order valence-electron chi connectivity index (χ2n) is 4.98. The van der Waals surface area contributed by atoms with E-state index in [2.05, 4.69) is 0 Å². The Morgan fingerprint density at radius 2 is 1.95 bits per heavy atom. The van der Waals surface area contributed by atoms with Gasteiger partial charge in [0.1, 0.15) is 5.75 Å². The maximum Gasteiger partial charge on any atom is 0.420 e. The van der Waals surface area contributed by atoms with Crippen LogP contribution in [0.5, 0.6) is 5.75 Å². The molecular formula is C13H15ClF3NO. The zero-order chi connectivity index (χ0) is 14.4. The molecule has 2 N–H and O–H groups in total. The van der Waals surface area contributed by atoms with Gasteiger partial charge in [-0.25, -0.2) is 0 Å². The molecule has 1 aliphatic rings. The van der Waals surface area contributed by atoms with Crippen LogP contribution in [0.2, 0.25) is 5.02 Å². The summed E-state index contributed by atoms with van der Waals surface area (Å²) in [7, 11) is 1.24. The molecule has 19 heavy (non-hydrogen) atoms. The number of methoxy groups -OCH3 is 1. The molecule has 1 atom stereocenters. The number of alkyl halides is 3. The van der Waals surface area contributed by atoms with Crippen molar-refractivity contribution >= 4 is 11.6 Å². The number of benzene rings is 1. The molecule has 0 amide bonds. The maximum atomic E-state index is 13.0. The fraction of sp³-hybridized carbons (Fsp3) is 0.538. The van der Waals surface area contributed by atoms with Crippen LogP contribution in [0.1, 0.15) is 30.9 Å². The van der Waals surface area contributed by atoms with Crippen molar-refractivity contribution in [2.24, 2.45) is 5.73 Å². The van der Waals surface area contributed by atoms with Crippen molar-refractivity contribution in [2.75, 3.05) is 7.11 Å². The van der Waals surface area contributed by atoms with Gasteiger partial charge in [-0.2, -0.15) is 13.2 Å². The number of hydrogen-bond donors (Lipinski definition) is 1. The summed E-state index contributed by atoms with van der Waals surface area (Å²) in [6.07, 6.45) is -3.00. The van der Waals surface area contributed by atoms with Crippen LogP contribution >= 0.6 is 11.6 Å². The summed E-state index contributed by atoms with van der Waals surface area (Å²) in [6, 6.07) is 2.17. The largest absolute Gasteiger partial charge is 0.496 e. The SMILES string of the molecule is COc1c(C(F)(F)F)cc(Cl)cc1C1(C(C)N)CC1. The highest BCUT2D eigenvalue weighted by Gasteiger charge is 2.51. The van der Waals surface area contributed by atoms with Crippen molar-refractivity contribution in [3.63, 3.8) is 0 Å². The first-order valence-electron chi connectivity index (χ1n) is 5.93. The lowest BCUT2D eigenvalue weighted by Gasteiger charge is -2.25. The molecule has 1 fully saturated rings. The number of rotatable bonds is 3. The first kappa shape index (κ1) is 14.5. The van der Waals surface area contributed by atoms with Gasteiger partial charge in [0.2, 0.25) is 0 Å². The smallest absolute Gasteiger partial charge is 0.420 e. The Bertz CT molecular complexity index is 495. The minimum absolute atomic E-state index is 0.0510. The molecule has 1 unspecified atom stereocenters. The average Bonchev–Trinajstić information content (AvgIpc) is 3.07. The van der Waals surface area contributed by atoms with E-state index < -0.39 is 17.2 Å². The van der Waals surface area contributed by atoms with Crippen LogP contribution in [-0.4, -0.2) is 13.2 Å². The van der Waals surface area contributed by atoms with Gasteiger partial charge in [0.05, 0.1) is 12.7 Å². The van der Waals surface area contributed by atoms with E-state index in [0.29, 0.717) is 5.56 Å². The molecule has 0 aliphatic heterocycles. The third-order valence-electron chi connectivity index (χ3n) is 3.76. The zero-order valence-electron chi connectivity index (χ0n) is 10.6. The molecule has 0 heterocycles. The van der Waals surface area contributed by atoms with E-state index in [9.17, 15) is 13.2 Å². The standard InChI is InChI=1S/C13H15ClF3NO/c1-7(18)12(3-4-12)9-5-8(14)6-10(11(9)19-2)13(15,16)17/h5-7H,3-4,18H2,1-2H3. The molecule has 0 radical (unpaired) electrons. The van der Waals surface area contributed by atoms with Gasteiger partial charge >= 0.3 is 6.18 Å². The monoisotopic (exact) mass is 293 g/mol. The Hall–Kier alpha value is -0.940. The van der Waals surface area contributed by atoms with E-state index in [1.807, 2.05) is 0 Å². The number of hydrogen-bond acceptors (Lipinski definition) is 2. The lowest BCUT2D eigenvalue weighted by molar-refractivity contribution is -0.138. The maximum absolute atomic E-state index is 13.0. The third kappa shape index (κ3) is 2.41. The Balaban J connectivity index is 2.65. The highest BCUT2D eigenvalue weighted by atomic mass is 35.5. The topological polar surface area (TPSA) is 35.2 Å². The predicted molar refractivity (Wildman–Crippen MR) is 67.6 cm³/mol. The van der Waals surface area contributed by atoms with Gasteiger partial charge in [-0.05, 0) is 31.9 Å². The number of ether oxygens (including phenoxy) is 1. The first-order valence-corrected chi connectivity index (χ1v) is 6.31. The van der Waals surface area contributed by atoms with E-state index >= 15 is 0 Å². The van der Waals surface area contributed by atoms with Gasteiger partial charge in [0, 0.05) is 22.0 Å². The van der Waals surface area contributed by atoms with E-state index in [-0.39, 0.29) is 16.8 Å². The van der Waals surface area contributed by atoms with E-state index in [1.165, 1.54) is 13.2 Å². The highest BCUT2D eigenvalue weighted by Crippen LogP contribution is 2.55. The molecular weight excluding hydrogens is 279 g/mol. The summed E-state index contributed by atoms with van der Waals surface area (Å²) in [5.41, 5.74) is 5.09. The van der Waals surface area contributed by atoms with Crippen molar-refractivity contribution in [2.45, 2.75) is 37.4 Å². The van der Waals surface area contributed by atoms with Crippen molar-refractivity contribution in [3.05, 3.63) is 28.3 Å². The van der Waals surface area contributed by atoms with E-state index in [0.717, 1.165) is 18.9 Å². The molecule has 2 nitrogen and oxygen atoms in total. The Morgan fingerprint density at radius 3 is 2.32 bits per heavy atom. The molecule has 1 aliphatic carbocycles. The molecule has 6 heteroatoms. The summed E-state index contributed by atoms with van der Waals surface area (Å²) in [5.74, 6) is -0.160. The average molecular weight is 294 g/mol. The van der Waals surface area contributed by atoms with Crippen LogP contribution in [-0.2, 0) is 11.6 Å².